The van der Waals surface area contributed by atoms with E-state index in [2.05, 4.69) is 66.5 Å². The number of hydrogen-bond acceptors (Lipinski definition) is 3. The van der Waals surface area contributed by atoms with Gasteiger partial charge in [-0.2, -0.15) is 0 Å². The van der Waals surface area contributed by atoms with Crippen LogP contribution in [0.1, 0.15) is 50.7 Å². The Morgan fingerprint density at radius 1 is 1.04 bits per heavy atom. The van der Waals surface area contributed by atoms with E-state index in [1.807, 2.05) is 24.5 Å². The molecular weight excluding hydrogens is 514 g/mol. The number of hydrogen-bond donors (Lipinski definition) is 0. The molecule has 5 heteroatoms. The molecule has 0 atom stereocenters. The van der Waals surface area contributed by atoms with Crippen molar-refractivity contribution in [1.29, 1.82) is 0 Å². The fourth-order valence-electron chi connectivity index (χ4n) is 3.40. The van der Waals surface area contributed by atoms with E-state index in [0.29, 0.717) is 11.8 Å². The molecule has 0 aliphatic rings. The van der Waals surface area contributed by atoms with Gasteiger partial charge in [-0.05, 0) is 23.0 Å². The van der Waals surface area contributed by atoms with Crippen molar-refractivity contribution in [2.24, 2.45) is 0 Å². The predicted octanol–water partition coefficient (Wildman–Crippen LogP) is 5.72. The van der Waals surface area contributed by atoms with Gasteiger partial charge in [0.25, 0.3) is 0 Å². The van der Waals surface area contributed by atoms with Gasteiger partial charge in [0.2, 0.25) is 0 Å². The van der Waals surface area contributed by atoms with Crippen LogP contribution in [-0.4, -0.2) is 14.5 Å². The molecule has 0 fully saturated rings. The average Bonchev–Trinajstić information content (AvgIpc) is 3.29. The fraction of sp³-hybridized carbons (Fsp3) is 0.273. The Balaban J connectivity index is 0.00000210. The van der Waals surface area contributed by atoms with E-state index >= 15 is 0 Å². The summed E-state index contributed by atoms with van der Waals surface area (Å²) in [6.07, 6.45) is 5.33. The fourth-order valence-corrected chi connectivity index (χ4v) is 3.40. The standard InChI is InChI=1S/C22H22N3O.Ir/c1-14(2)17-6-5-7-18(15(3)4)21(17)25-11-10-23-22(25)16-8-9-20-19(12-16)24-13-26-20;/h5-7,9-15H,1-4H3;/q-1;. The zero-order valence-corrected chi connectivity index (χ0v) is 18.3. The van der Waals surface area contributed by atoms with Gasteiger partial charge in [-0.25, -0.2) is 4.98 Å². The van der Waals surface area contributed by atoms with Crippen molar-refractivity contribution in [3.63, 3.8) is 0 Å². The Kier molecular flexibility index (Phi) is 5.64. The third-order valence-corrected chi connectivity index (χ3v) is 4.73. The van der Waals surface area contributed by atoms with Gasteiger partial charge in [0.1, 0.15) is 0 Å². The summed E-state index contributed by atoms with van der Waals surface area (Å²) in [4.78, 5) is 8.89. The van der Waals surface area contributed by atoms with Crippen molar-refractivity contribution in [3.8, 4) is 17.1 Å². The average molecular weight is 537 g/mol. The van der Waals surface area contributed by atoms with E-state index in [4.69, 9.17) is 4.42 Å². The van der Waals surface area contributed by atoms with Crippen LogP contribution >= 0.6 is 0 Å². The second-order valence-electron chi connectivity index (χ2n) is 7.16. The molecule has 4 aromatic rings. The van der Waals surface area contributed by atoms with Gasteiger partial charge in [-0.1, -0.05) is 45.9 Å². The van der Waals surface area contributed by atoms with Gasteiger partial charge in [-0.15, -0.1) is 23.8 Å². The molecule has 27 heavy (non-hydrogen) atoms. The van der Waals surface area contributed by atoms with Crippen molar-refractivity contribution < 1.29 is 24.5 Å². The molecule has 4 nitrogen and oxygen atoms in total. The van der Waals surface area contributed by atoms with E-state index < -0.39 is 0 Å². The summed E-state index contributed by atoms with van der Waals surface area (Å²) in [5.74, 6) is 1.70. The first-order valence-electron chi connectivity index (χ1n) is 8.98. The van der Waals surface area contributed by atoms with Crippen LogP contribution in [0, 0.1) is 6.07 Å². The number of para-hydroxylation sites is 1. The Hall–Kier alpha value is -2.23. The number of oxazole rings is 1. The summed E-state index contributed by atoms with van der Waals surface area (Å²) in [5, 5.41) is 0. The summed E-state index contributed by atoms with van der Waals surface area (Å²) in [5.41, 5.74) is 6.31. The maximum absolute atomic E-state index is 5.34. The van der Waals surface area contributed by atoms with Crippen LogP contribution < -0.4 is 0 Å². The Morgan fingerprint density at radius 2 is 1.74 bits per heavy atom. The monoisotopic (exact) mass is 537 g/mol. The van der Waals surface area contributed by atoms with Gasteiger partial charge in [0.15, 0.2) is 6.39 Å². The molecule has 2 aromatic heterocycles. The molecule has 0 amide bonds. The van der Waals surface area contributed by atoms with Gasteiger partial charge in [0, 0.05) is 43.7 Å². The zero-order valence-electron chi connectivity index (χ0n) is 15.9. The quantitative estimate of drug-likeness (QED) is 0.313. The number of rotatable bonds is 4. The first-order valence-corrected chi connectivity index (χ1v) is 8.98. The molecule has 2 heterocycles. The van der Waals surface area contributed by atoms with Gasteiger partial charge in [0.05, 0.1) is 11.4 Å². The van der Waals surface area contributed by atoms with E-state index in [-0.39, 0.29) is 20.1 Å². The molecule has 0 saturated carbocycles. The molecular formula is C22H22IrN3O-. The van der Waals surface area contributed by atoms with Crippen LogP contribution in [0.4, 0.5) is 0 Å². The van der Waals surface area contributed by atoms with Crippen molar-refractivity contribution in [3.05, 3.63) is 66.3 Å². The van der Waals surface area contributed by atoms with E-state index in [9.17, 15) is 0 Å². The zero-order chi connectivity index (χ0) is 18.3. The van der Waals surface area contributed by atoms with Crippen molar-refractivity contribution in [2.45, 2.75) is 39.5 Å². The maximum Gasteiger partial charge on any atom is 0.169 e. The minimum Gasteiger partial charge on any atom is -0.490 e. The van der Waals surface area contributed by atoms with Crippen LogP contribution in [0.25, 0.3) is 28.2 Å². The second kappa shape index (κ2) is 7.79. The number of aromatic nitrogens is 3. The summed E-state index contributed by atoms with van der Waals surface area (Å²) in [6, 6.07) is 13.7. The SMILES string of the molecule is CC(C)c1cccc(C(C)C)c1-n1ccnc1-c1[c-]cc2ocnc2c1.[Ir]. The van der Waals surface area contributed by atoms with Crippen LogP contribution in [-0.2, 0) is 20.1 Å². The number of benzene rings is 2. The van der Waals surface area contributed by atoms with Crippen LogP contribution in [0.15, 0.2) is 53.5 Å². The van der Waals surface area contributed by atoms with Gasteiger partial charge < -0.3 is 8.98 Å². The molecule has 0 bridgehead atoms. The minimum absolute atomic E-state index is 0. The minimum atomic E-state index is 0. The Bertz CT molecular complexity index is 1040. The molecule has 0 spiro atoms. The molecule has 0 unspecified atom stereocenters. The van der Waals surface area contributed by atoms with Crippen molar-refractivity contribution in [1.82, 2.24) is 14.5 Å². The Morgan fingerprint density at radius 3 is 2.41 bits per heavy atom. The number of imidazole rings is 1. The van der Waals surface area contributed by atoms with Crippen LogP contribution in [0.2, 0.25) is 0 Å². The van der Waals surface area contributed by atoms with Crippen LogP contribution in [0.5, 0.6) is 0 Å². The summed E-state index contributed by atoms with van der Waals surface area (Å²) < 4.78 is 7.52. The van der Waals surface area contributed by atoms with Gasteiger partial charge in [-0.3, -0.25) is 4.98 Å². The molecule has 1 radical (unpaired) electrons. The smallest absolute Gasteiger partial charge is 0.169 e. The van der Waals surface area contributed by atoms with E-state index in [1.54, 1.807) is 0 Å². The number of nitrogens with zero attached hydrogens (tertiary/aromatic N) is 3. The molecule has 0 saturated heterocycles. The molecule has 2 aromatic carbocycles. The largest absolute Gasteiger partial charge is 0.490 e. The second-order valence-corrected chi connectivity index (χ2v) is 7.16. The summed E-state index contributed by atoms with van der Waals surface area (Å²) in [7, 11) is 0. The number of fused-ring (bicyclic) bond motifs is 1. The molecule has 0 N–H and O–H groups in total. The summed E-state index contributed by atoms with van der Waals surface area (Å²) in [6.45, 7) is 8.92. The molecule has 0 aliphatic carbocycles. The summed E-state index contributed by atoms with van der Waals surface area (Å²) >= 11 is 0. The molecule has 0 aliphatic heterocycles. The van der Waals surface area contributed by atoms with Crippen molar-refractivity contribution in [2.75, 3.05) is 0 Å². The third-order valence-electron chi connectivity index (χ3n) is 4.73. The van der Waals surface area contributed by atoms with Crippen molar-refractivity contribution >= 4 is 11.1 Å². The first-order chi connectivity index (χ1) is 12.6. The predicted molar refractivity (Wildman–Crippen MR) is 104 cm³/mol. The topological polar surface area (TPSA) is 43.9 Å². The molecule has 4 rings (SSSR count). The molecule has 141 valence electrons. The van der Waals surface area contributed by atoms with Gasteiger partial charge >= 0.3 is 0 Å². The normalized spacial score (nSPS) is 11.3. The third kappa shape index (κ3) is 3.50. The first kappa shape index (κ1) is 19.5. The Labute approximate surface area is 173 Å². The maximum atomic E-state index is 5.34. The van der Waals surface area contributed by atoms with Crippen LogP contribution in [0.3, 0.4) is 0 Å². The van der Waals surface area contributed by atoms with E-state index in [0.717, 1.165) is 22.5 Å². The van der Waals surface area contributed by atoms with E-state index in [1.165, 1.54) is 23.2 Å².